The molecule has 0 saturated heterocycles. The molecule has 0 unspecified atom stereocenters. The van der Waals surface area contributed by atoms with Crippen LogP contribution in [0.1, 0.15) is 52.7 Å². The van der Waals surface area contributed by atoms with E-state index in [9.17, 15) is 25.5 Å². The molecule has 0 aromatic heterocycles. The number of aromatic hydroxyl groups is 4. The molecule has 30 heavy (non-hydrogen) atoms. The summed E-state index contributed by atoms with van der Waals surface area (Å²) in [7, 11) is -2.10. The largest absolute Gasteiger partial charge is 0.713 e. The Morgan fingerprint density at radius 1 is 0.633 bits per heavy atom. The number of benzene rings is 2. The molecule has 0 heterocycles. The zero-order chi connectivity index (χ0) is 22.9. The molecular weight excluding hydrogens is 395 g/mol. The average Bonchev–Trinajstić information content (AvgIpc) is 2.61. The molecule has 2 aromatic carbocycles. The summed E-state index contributed by atoms with van der Waals surface area (Å²) in [5, 5.41) is 49.5. The van der Waals surface area contributed by atoms with Gasteiger partial charge in [-0.05, 0) is 23.0 Å². The Balaban J connectivity index is 2.16. The van der Waals surface area contributed by atoms with Gasteiger partial charge in [-0.25, -0.2) is 0 Å². The van der Waals surface area contributed by atoms with E-state index in [1.54, 1.807) is 0 Å². The number of rotatable bonds is 6. The van der Waals surface area contributed by atoms with E-state index in [1.165, 1.54) is 24.3 Å². The van der Waals surface area contributed by atoms with Crippen LogP contribution in [0.4, 0.5) is 0 Å². The summed E-state index contributed by atoms with van der Waals surface area (Å²) >= 11 is 0. The van der Waals surface area contributed by atoms with Crippen LogP contribution in [0.5, 0.6) is 34.5 Å². The molecule has 0 spiro atoms. The van der Waals surface area contributed by atoms with E-state index >= 15 is 0 Å². The van der Waals surface area contributed by atoms with E-state index in [2.05, 4.69) is 0 Å². The smallest absolute Gasteiger partial charge is 0.504 e. The molecule has 0 radical (unpaired) electrons. The number of phenols is 4. The van der Waals surface area contributed by atoms with Gasteiger partial charge in [-0.1, -0.05) is 53.7 Å². The third-order valence-electron chi connectivity index (χ3n) is 4.26. The first kappa shape index (κ1) is 23.5. The molecule has 9 nitrogen and oxygen atoms in total. The third kappa shape index (κ3) is 5.21. The van der Waals surface area contributed by atoms with Gasteiger partial charge < -0.3 is 35.2 Å². The number of phenolic OH excluding ortho intramolecular Hbond substituents is 4. The highest BCUT2D eigenvalue weighted by atomic mass is 17.3. The van der Waals surface area contributed by atoms with Crippen LogP contribution in [0.15, 0.2) is 24.3 Å². The van der Waals surface area contributed by atoms with Crippen molar-refractivity contribution in [3.63, 3.8) is 0 Å². The van der Waals surface area contributed by atoms with Crippen LogP contribution in [0.25, 0.3) is 0 Å². The van der Waals surface area contributed by atoms with E-state index in [0.29, 0.717) is 11.1 Å². The normalized spacial score (nSPS) is 12.0. The second-order valence-corrected chi connectivity index (χ2v) is 8.79. The molecule has 2 aromatic rings. The summed E-state index contributed by atoms with van der Waals surface area (Å²) in [5.41, 5.74) is 0.0144. The van der Waals surface area contributed by atoms with Crippen LogP contribution in [-0.2, 0) is 20.4 Å². The molecular formula is C20H27BO9. The first-order chi connectivity index (χ1) is 13.7. The second-order valence-electron chi connectivity index (χ2n) is 8.79. The quantitative estimate of drug-likeness (QED) is 0.205. The molecule has 0 atom stereocenters. The van der Waals surface area contributed by atoms with Crippen molar-refractivity contribution in [2.45, 2.75) is 52.4 Å². The summed E-state index contributed by atoms with van der Waals surface area (Å²) in [6.45, 7) is 11.1. The molecule has 10 heteroatoms. The fourth-order valence-electron chi connectivity index (χ4n) is 2.67. The summed E-state index contributed by atoms with van der Waals surface area (Å²) in [6, 6.07) is 5.69. The van der Waals surface area contributed by atoms with Crippen molar-refractivity contribution in [3.05, 3.63) is 35.4 Å². The molecule has 2 rings (SSSR count). The van der Waals surface area contributed by atoms with Gasteiger partial charge in [-0.2, -0.15) is 9.61 Å². The molecule has 0 aliphatic carbocycles. The lowest BCUT2D eigenvalue weighted by molar-refractivity contribution is -0.211. The van der Waals surface area contributed by atoms with Crippen LogP contribution in [0.3, 0.4) is 0 Å². The van der Waals surface area contributed by atoms with Crippen molar-refractivity contribution in [2.75, 3.05) is 0 Å². The lowest BCUT2D eigenvalue weighted by Gasteiger charge is -2.24. The summed E-state index contributed by atoms with van der Waals surface area (Å²) in [4.78, 5) is 19.4. The Morgan fingerprint density at radius 2 is 0.967 bits per heavy atom. The molecule has 5 N–H and O–H groups in total. The van der Waals surface area contributed by atoms with Crippen LogP contribution in [0.2, 0.25) is 0 Å². The average molecular weight is 422 g/mol. The van der Waals surface area contributed by atoms with Crippen molar-refractivity contribution in [1.82, 2.24) is 0 Å². The van der Waals surface area contributed by atoms with Gasteiger partial charge in [0.1, 0.15) is 0 Å². The Labute approximate surface area is 175 Å². The van der Waals surface area contributed by atoms with Gasteiger partial charge >= 0.3 is 7.32 Å². The highest BCUT2D eigenvalue weighted by molar-refractivity contribution is 6.33. The second kappa shape index (κ2) is 8.51. The van der Waals surface area contributed by atoms with E-state index in [0.717, 1.165) is 0 Å². The summed E-state index contributed by atoms with van der Waals surface area (Å²) < 4.78 is 0. The highest BCUT2D eigenvalue weighted by Gasteiger charge is 2.30. The summed E-state index contributed by atoms with van der Waals surface area (Å²) in [6.07, 6.45) is 0. The first-order valence-electron chi connectivity index (χ1n) is 9.19. The predicted molar refractivity (Wildman–Crippen MR) is 108 cm³/mol. The monoisotopic (exact) mass is 422 g/mol. The Hall–Kier alpha value is -2.82. The van der Waals surface area contributed by atoms with Crippen molar-refractivity contribution >= 4 is 7.32 Å². The fourth-order valence-corrected chi connectivity index (χ4v) is 2.67. The lowest BCUT2D eigenvalue weighted by Crippen LogP contribution is -2.27. The van der Waals surface area contributed by atoms with Crippen molar-refractivity contribution < 1.29 is 44.8 Å². The minimum atomic E-state index is -2.10. The Kier molecular flexibility index (Phi) is 6.65. The zero-order valence-corrected chi connectivity index (χ0v) is 17.8. The van der Waals surface area contributed by atoms with Gasteiger partial charge in [0.25, 0.3) is 0 Å². The Bertz CT molecular complexity index is 827. The van der Waals surface area contributed by atoms with Crippen LogP contribution in [-0.4, -0.2) is 32.8 Å². The van der Waals surface area contributed by atoms with Gasteiger partial charge in [0.05, 0.1) is 0 Å². The maximum atomic E-state index is 10.1. The lowest BCUT2D eigenvalue weighted by atomic mass is 9.86. The van der Waals surface area contributed by atoms with Crippen molar-refractivity contribution in [3.8, 4) is 34.5 Å². The number of hydrogen-bond donors (Lipinski definition) is 5. The van der Waals surface area contributed by atoms with Crippen molar-refractivity contribution in [1.29, 1.82) is 0 Å². The van der Waals surface area contributed by atoms with E-state index in [-0.39, 0.29) is 11.5 Å². The molecule has 164 valence electrons. The minimum absolute atomic E-state index is 0.208. The Morgan fingerprint density at radius 3 is 1.27 bits per heavy atom. The maximum absolute atomic E-state index is 10.1. The predicted octanol–water partition coefficient (Wildman–Crippen LogP) is 3.40. The number of hydrogen-bond acceptors (Lipinski definition) is 9. The van der Waals surface area contributed by atoms with Crippen LogP contribution in [0, 0.1) is 0 Å². The zero-order valence-electron chi connectivity index (χ0n) is 17.8. The SMILES string of the molecule is CC(C)(C)c1ccc(O)c(O)c1OOB(O)OOc1c(C(C)(C)C)ccc(O)c1O. The van der Waals surface area contributed by atoms with Gasteiger partial charge in [0, 0.05) is 11.1 Å². The molecule has 0 aliphatic heterocycles. The first-order valence-corrected chi connectivity index (χ1v) is 9.19. The molecule has 0 saturated carbocycles. The van der Waals surface area contributed by atoms with Crippen LogP contribution < -0.4 is 9.78 Å². The topological polar surface area (TPSA) is 138 Å². The van der Waals surface area contributed by atoms with E-state index < -0.39 is 41.1 Å². The fraction of sp³-hybridized carbons (Fsp3) is 0.400. The molecule has 0 aliphatic rings. The molecule has 0 fully saturated rings. The van der Waals surface area contributed by atoms with Gasteiger partial charge in [0.2, 0.25) is 23.0 Å². The van der Waals surface area contributed by atoms with Gasteiger partial charge in [-0.3, -0.25) is 0 Å². The minimum Gasteiger partial charge on any atom is -0.504 e. The van der Waals surface area contributed by atoms with E-state index in [4.69, 9.17) is 19.4 Å². The standard InChI is InChI=1S/C20H27BO9/c1-19(2,3)11-7-9-13(22)15(24)17(11)27-29-21(26)30-28-18-12(20(4,5)6)8-10-14(23)16(18)25/h7-10,22-26H,1-6H3. The summed E-state index contributed by atoms with van der Waals surface area (Å²) in [5.74, 6) is -2.44. The van der Waals surface area contributed by atoms with Crippen LogP contribution >= 0.6 is 0 Å². The maximum Gasteiger partial charge on any atom is 0.713 e. The molecule has 0 amide bonds. The molecule has 0 bridgehead atoms. The van der Waals surface area contributed by atoms with E-state index in [1.807, 2.05) is 41.5 Å². The van der Waals surface area contributed by atoms with Gasteiger partial charge in [-0.15, -0.1) is 0 Å². The highest BCUT2D eigenvalue weighted by Crippen LogP contribution is 2.44. The van der Waals surface area contributed by atoms with Gasteiger partial charge in [0.15, 0.2) is 11.5 Å². The van der Waals surface area contributed by atoms with Crippen molar-refractivity contribution in [2.24, 2.45) is 0 Å². The third-order valence-corrected chi connectivity index (χ3v) is 4.26.